The molecule has 0 aliphatic rings. The smallest absolute Gasteiger partial charge is 0.323 e. The summed E-state index contributed by atoms with van der Waals surface area (Å²) in [5.41, 5.74) is 0. The van der Waals surface area contributed by atoms with Gasteiger partial charge < -0.3 is 20.1 Å². The number of anilines is 2. The van der Waals surface area contributed by atoms with Gasteiger partial charge in [-0.2, -0.15) is 15.0 Å². The number of hydrogen-bond acceptors (Lipinski definition) is 7. The third-order valence-electron chi connectivity index (χ3n) is 2.70. The Balaban J connectivity index is 3.08. The molecular formula is C14H27N5O2. The fourth-order valence-corrected chi connectivity index (χ4v) is 1.75. The molecule has 0 unspecified atom stereocenters. The standard InChI is InChI=1S/C14H27N5O2/c1-6-7-15-12-16-13(19(8-9-20)10(2)3)18-14(17-12)21-11(4)5/h10-11,20H,6-9H2,1-5H3,(H,15,16,17,18). The number of hydrogen-bond donors (Lipinski definition) is 2. The number of ether oxygens (including phenoxy) is 1. The van der Waals surface area contributed by atoms with E-state index >= 15 is 0 Å². The van der Waals surface area contributed by atoms with Gasteiger partial charge in [0, 0.05) is 19.1 Å². The Morgan fingerprint density at radius 3 is 2.43 bits per heavy atom. The van der Waals surface area contributed by atoms with Crippen LogP contribution >= 0.6 is 0 Å². The summed E-state index contributed by atoms with van der Waals surface area (Å²) >= 11 is 0. The van der Waals surface area contributed by atoms with E-state index in [0.717, 1.165) is 13.0 Å². The molecule has 7 nitrogen and oxygen atoms in total. The molecule has 0 fully saturated rings. The second-order valence-corrected chi connectivity index (χ2v) is 5.35. The Hall–Kier alpha value is -1.63. The summed E-state index contributed by atoms with van der Waals surface area (Å²) in [5.74, 6) is 1.02. The van der Waals surface area contributed by atoms with Gasteiger partial charge in [0.15, 0.2) is 0 Å². The number of nitrogens with zero attached hydrogens (tertiary/aromatic N) is 4. The quantitative estimate of drug-likeness (QED) is 0.717. The average Bonchev–Trinajstić information content (AvgIpc) is 2.41. The molecule has 1 heterocycles. The van der Waals surface area contributed by atoms with Crippen LogP contribution in [0.15, 0.2) is 0 Å². The van der Waals surface area contributed by atoms with Crippen LogP contribution in [0.3, 0.4) is 0 Å². The Labute approximate surface area is 126 Å². The lowest BCUT2D eigenvalue weighted by atomic mass is 10.3. The zero-order valence-electron chi connectivity index (χ0n) is 13.6. The minimum Gasteiger partial charge on any atom is -0.461 e. The zero-order chi connectivity index (χ0) is 15.8. The fraction of sp³-hybridized carbons (Fsp3) is 0.786. The maximum absolute atomic E-state index is 9.21. The average molecular weight is 297 g/mol. The highest BCUT2D eigenvalue weighted by molar-refractivity contribution is 5.39. The Kier molecular flexibility index (Phi) is 7.14. The van der Waals surface area contributed by atoms with Crippen molar-refractivity contribution < 1.29 is 9.84 Å². The summed E-state index contributed by atoms with van der Waals surface area (Å²) in [6.45, 7) is 11.3. The van der Waals surface area contributed by atoms with E-state index in [1.54, 1.807) is 0 Å². The summed E-state index contributed by atoms with van der Waals surface area (Å²) in [7, 11) is 0. The van der Waals surface area contributed by atoms with Crippen molar-refractivity contribution in [1.82, 2.24) is 15.0 Å². The Morgan fingerprint density at radius 1 is 1.19 bits per heavy atom. The van der Waals surface area contributed by atoms with Crippen molar-refractivity contribution in [2.75, 3.05) is 29.9 Å². The molecule has 0 saturated heterocycles. The van der Waals surface area contributed by atoms with Gasteiger partial charge >= 0.3 is 6.01 Å². The monoisotopic (exact) mass is 297 g/mol. The molecule has 1 rings (SSSR count). The molecule has 120 valence electrons. The molecule has 0 saturated carbocycles. The third kappa shape index (κ3) is 5.71. The molecular weight excluding hydrogens is 270 g/mol. The van der Waals surface area contributed by atoms with Crippen LogP contribution in [0.5, 0.6) is 6.01 Å². The minimum absolute atomic E-state index is 0.00961. The van der Waals surface area contributed by atoms with Gasteiger partial charge in [0.25, 0.3) is 0 Å². The second-order valence-electron chi connectivity index (χ2n) is 5.35. The van der Waals surface area contributed by atoms with Crippen molar-refractivity contribution in [3.8, 4) is 6.01 Å². The van der Waals surface area contributed by atoms with Crippen LogP contribution < -0.4 is 15.0 Å². The number of nitrogens with one attached hydrogen (secondary N) is 1. The number of rotatable bonds is 9. The van der Waals surface area contributed by atoms with E-state index in [1.807, 2.05) is 32.6 Å². The van der Waals surface area contributed by atoms with E-state index < -0.39 is 0 Å². The molecule has 0 bridgehead atoms. The highest BCUT2D eigenvalue weighted by Crippen LogP contribution is 2.17. The van der Waals surface area contributed by atoms with Crippen LogP contribution in [-0.2, 0) is 0 Å². The molecule has 21 heavy (non-hydrogen) atoms. The first kappa shape index (κ1) is 17.4. The second kappa shape index (κ2) is 8.61. The summed E-state index contributed by atoms with van der Waals surface area (Å²) < 4.78 is 5.59. The zero-order valence-corrected chi connectivity index (χ0v) is 13.6. The van der Waals surface area contributed by atoms with Crippen LogP contribution in [0.4, 0.5) is 11.9 Å². The first-order valence-corrected chi connectivity index (χ1v) is 7.52. The molecule has 1 aromatic heterocycles. The summed E-state index contributed by atoms with van der Waals surface area (Å²) in [6.07, 6.45) is 0.968. The van der Waals surface area contributed by atoms with Crippen LogP contribution in [0, 0.1) is 0 Å². The van der Waals surface area contributed by atoms with E-state index in [2.05, 4.69) is 27.2 Å². The molecule has 0 spiro atoms. The van der Waals surface area contributed by atoms with Crippen LogP contribution in [-0.4, -0.2) is 51.9 Å². The molecule has 0 radical (unpaired) electrons. The normalized spacial score (nSPS) is 11.0. The fourth-order valence-electron chi connectivity index (χ4n) is 1.75. The number of aliphatic hydroxyl groups is 1. The lowest BCUT2D eigenvalue weighted by Crippen LogP contribution is -2.35. The van der Waals surface area contributed by atoms with Gasteiger partial charge in [-0.3, -0.25) is 0 Å². The highest BCUT2D eigenvalue weighted by atomic mass is 16.5. The SMILES string of the molecule is CCCNc1nc(OC(C)C)nc(N(CCO)C(C)C)n1. The first-order valence-electron chi connectivity index (χ1n) is 7.52. The van der Waals surface area contributed by atoms with E-state index in [4.69, 9.17) is 4.74 Å². The Bertz CT molecular complexity index is 426. The van der Waals surface area contributed by atoms with Crippen molar-refractivity contribution in [2.24, 2.45) is 0 Å². The van der Waals surface area contributed by atoms with Gasteiger partial charge in [0.1, 0.15) is 0 Å². The minimum atomic E-state index is -0.00961. The van der Waals surface area contributed by atoms with Crippen molar-refractivity contribution in [3.05, 3.63) is 0 Å². The molecule has 2 N–H and O–H groups in total. The highest BCUT2D eigenvalue weighted by Gasteiger charge is 2.17. The lowest BCUT2D eigenvalue weighted by Gasteiger charge is -2.26. The van der Waals surface area contributed by atoms with Crippen molar-refractivity contribution >= 4 is 11.9 Å². The van der Waals surface area contributed by atoms with Crippen molar-refractivity contribution in [1.29, 1.82) is 0 Å². The van der Waals surface area contributed by atoms with Gasteiger partial charge in [-0.15, -0.1) is 0 Å². The van der Waals surface area contributed by atoms with Gasteiger partial charge in [0.05, 0.1) is 12.7 Å². The van der Waals surface area contributed by atoms with Crippen LogP contribution in [0.25, 0.3) is 0 Å². The maximum Gasteiger partial charge on any atom is 0.323 e. The third-order valence-corrected chi connectivity index (χ3v) is 2.70. The van der Waals surface area contributed by atoms with E-state index in [1.165, 1.54) is 0 Å². The van der Waals surface area contributed by atoms with Gasteiger partial charge in [-0.25, -0.2) is 0 Å². The first-order chi connectivity index (χ1) is 9.97. The van der Waals surface area contributed by atoms with E-state index in [-0.39, 0.29) is 18.8 Å². The van der Waals surface area contributed by atoms with E-state index in [0.29, 0.717) is 24.5 Å². The number of aromatic nitrogens is 3. The van der Waals surface area contributed by atoms with Gasteiger partial charge in [-0.1, -0.05) is 6.92 Å². The lowest BCUT2D eigenvalue weighted by molar-refractivity contribution is 0.221. The van der Waals surface area contributed by atoms with Crippen LogP contribution in [0.1, 0.15) is 41.0 Å². The van der Waals surface area contributed by atoms with Crippen molar-refractivity contribution in [3.63, 3.8) is 0 Å². The number of aliphatic hydroxyl groups excluding tert-OH is 1. The molecule has 0 aliphatic heterocycles. The summed E-state index contributed by atoms with van der Waals surface area (Å²) in [6, 6.07) is 0.475. The molecule has 1 aromatic rings. The predicted molar refractivity (Wildman–Crippen MR) is 83.9 cm³/mol. The Morgan fingerprint density at radius 2 is 1.90 bits per heavy atom. The molecule has 0 aliphatic carbocycles. The molecule has 0 atom stereocenters. The largest absolute Gasteiger partial charge is 0.461 e. The van der Waals surface area contributed by atoms with Gasteiger partial charge in [0.2, 0.25) is 11.9 Å². The van der Waals surface area contributed by atoms with Gasteiger partial charge in [-0.05, 0) is 34.1 Å². The predicted octanol–water partition coefficient (Wildman–Crippen LogP) is 1.69. The van der Waals surface area contributed by atoms with Crippen molar-refractivity contribution in [2.45, 2.75) is 53.2 Å². The topological polar surface area (TPSA) is 83.4 Å². The summed E-state index contributed by atoms with van der Waals surface area (Å²) in [5, 5.41) is 12.4. The molecule has 7 heteroatoms. The maximum atomic E-state index is 9.21. The molecule has 0 amide bonds. The van der Waals surface area contributed by atoms with E-state index in [9.17, 15) is 5.11 Å². The molecule has 0 aromatic carbocycles. The summed E-state index contributed by atoms with van der Waals surface area (Å²) in [4.78, 5) is 15.0. The van der Waals surface area contributed by atoms with Crippen LogP contribution in [0.2, 0.25) is 0 Å².